The normalized spacial score (nSPS) is 12.6. The van der Waals surface area contributed by atoms with E-state index in [0.29, 0.717) is 0 Å². The van der Waals surface area contributed by atoms with Crippen molar-refractivity contribution in [3.8, 4) is 39.1 Å². The fourth-order valence-corrected chi connectivity index (χ4v) is 11.7. The maximum atomic E-state index is 2.55. The third-order valence-electron chi connectivity index (χ3n) is 16.8. The second-order valence-corrected chi connectivity index (χ2v) is 28.0. The molecule has 412 valence electrons. The van der Waals surface area contributed by atoms with E-state index in [9.17, 15) is 0 Å². The summed E-state index contributed by atoms with van der Waals surface area (Å²) in [5, 5.41) is 7.11. The van der Waals surface area contributed by atoms with Crippen LogP contribution in [0.2, 0.25) is 0 Å². The number of rotatable bonds is 7. The van der Waals surface area contributed by atoms with Gasteiger partial charge < -0.3 is 9.47 Å². The van der Waals surface area contributed by atoms with Crippen molar-refractivity contribution in [3.05, 3.63) is 252 Å². The average molecular weight is 1070 g/mol. The van der Waals surface area contributed by atoms with Crippen molar-refractivity contribution in [2.45, 2.75) is 131 Å². The molecule has 1 heterocycles. The molecule has 0 atom stereocenters. The van der Waals surface area contributed by atoms with Crippen LogP contribution in [-0.2, 0) is 27.1 Å². The molecule has 0 radical (unpaired) electrons. The zero-order valence-electron chi connectivity index (χ0n) is 51.3. The molecule has 0 N–H and O–H groups in total. The lowest BCUT2D eigenvalue weighted by atomic mass is 9.79. The van der Waals surface area contributed by atoms with Crippen molar-refractivity contribution in [2.75, 3.05) is 4.90 Å². The highest BCUT2D eigenvalue weighted by atomic mass is 15.1. The summed E-state index contributed by atoms with van der Waals surface area (Å²) in [7, 11) is 0. The van der Waals surface area contributed by atoms with Gasteiger partial charge in [0.15, 0.2) is 0 Å². The van der Waals surface area contributed by atoms with Crippen molar-refractivity contribution < 1.29 is 0 Å². The van der Waals surface area contributed by atoms with Crippen LogP contribution in [0.5, 0.6) is 0 Å². The summed E-state index contributed by atoms with van der Waals surface area (Å²) < 4.78 is 2.55. The highest BCUT2D eigenvalue weighted by Gasteiger charge is 2.26. The smallest absolute Gasteiger partial charge is 0.0561 e. The molecule has 0 aliphatic carbocycles. The van der Waals surface area contributed by atoms with E-state index >= 15 is 0 Å². The summed E-state index contributed by atoms with van der Waals surface area (Å²) in [5.41, 5.74) is 20.2. The number of para-hydroxylation sites is 1. The van der Waals surface area contributed by atoms with Crippen molar-refractivity contribution in [1.29, 1.82) is 0 Å². The monoisotopic (exact) mass is 1070 g/mol. The van der Waals surface area contributed by atoms with Crippen molar-refractivity contribution in [2.24, 2.45) is 0 Å². The van der Waals surface area contributed by atoms with Gasteiger partial charge in [-0.05, 0) is 159 Å². The number of aromatic nitrogens is 1. The van der Waals surface area contributed by atoms with Crippen LogP contribution in [0.1, 0.15) is 132 Å². The van der Waals surface area contributed by atoms with E-state index in [4.69, 9.17) is 0 Å². The van der Waals surface area contributed by atoms with Crippen molar-refractivity contribution in [3.63, 3.8) is 0 Å². The molecule has 0 aliphatic heterocycles. The minimum Gasteiger partial charge on any atom is -0.310 e. The first-order valence-corrected chi connectivity index (χ1v) is 29.6. The molecule has 0 fully saturated rings. The number of benzene rings is 10. The molecule has 0 saturated carbocycles. The van der Waals surface area contributed by atoms with Gasteiger partial charge in [0.1, 0.15) is 0 Å². The molecular formula is C80H82N2. The first-order chi connectivity index (χ1) is 38.8. The van der Waals surface area contributed by atoms with E-state index < -0.39 is 0 Å². The van der Waals surface area contributed by atoms with E-state index in [1.807, 2.05) is 0 Å². The van der Waals surface area contributed by atoms with Crippen molar-refractivity contribution >= 4 is 60.4 Å². The Morgan fingerprint density at radius 1 is 0.256 bits per heavy atom. The average Bonchev–Trinajstić information content (AvgIpc) is 3.64. The van der Waals surface area contributed by atoms with Gasteiger partial charge >= 0.3 is 0 Å². The van der Waals surface area contributed by atoms with E-state index in [1.165, 1.54) is 88.1 Å². The summed E-state index contributed by atoms with van der Waals surface area (Å²) in [6.07, 6.45) is 0. The lowest BCUT2D eigenvalue weighted by molar-refractivity contribution is 0.568. The molecule has 0 spiro atoms. The second kappa shape index (κ2) is 21.0. The van der Waals surface area contributed by atoms with Crippen LogP contribution < -0.4 is 4.90 Å². The molecule has 0 bridgehead atoms. The Labute approximate surface area is 489 Å². The van der Waals surface area contributed by atoms with Crippen LogP contribution in [0.4, 0.5) is 17.1 Å². The third kappa shape index (κ3) is 11.0. The number of anilines is 3. The Hall–Kier alpha value is -8.20. The maximum Gasteiger partial charge on any atom is 0.0561 e. The quantitative estimate of drug-likeness (QED) is 0.154. The largest absolute Gasteiger partial charge is 0.310 e. The van der Waals surface area contributed by atoms with Gasteiger partial charge in [0.25, 0.3) is 0 Å². The molecule has 2 heteroatoms. The minimum atomic E-state index is -0.0705. The SMILES string of the molecule is CC(C)(C)c1cc(-c2ccc(N(c3ccc4c5ccccc5c5ccccc5c5ccccc5n(-c5cccc(-c6cc(C(C)(C)C)cc(C(C)(C)C)c6)c5)c4c3)c3ccc(C(C)(C)C)cc3-c3ccccc3)cc2)cc(C(C)(C)C)c1. The molecule has 1 aromatic heterocycles. The molecular weight excluding hydrogens is 989 g/mol. The first kappa shape index (κ1) is 55.7. The van der Waals surface area contributed by atoms with E-state index in [-0.39, 0.29) is 27.1 Å². The molecule has 0 amide bonds. The standard InChI is InChI=1S/C80H82N2/c1-76(2,3)58-38-43-74(72(51-58)54-26-17-16-18-27-54)81(63-39-36-53(37-40-63)56-44-59(77(4,5)6)49-60(45-56)78(7,8)9)65-41-42-71-69-33-22-20-31-67(69)66-30-19-21-32-68(66)70-34-23-24-35-73(70)82(75(71)52-65)64-29-25-28-55(48-64)57-46-61(79(10,11)12)50-62(47-57)80(13,14)15/h16-52H,1-15H3. The summed E-state index contributed by atoms with van der Waals surface area (Å²) >= 11 is 0. The third-order valence-corrected chi connectivity index (χ3v) is 16.8. The Morgan fingerprint density at radius 3 is 1.20 bits per heavy atom. The molecule has 0 saturated heterocycles. The predicted molar refractivity (Wildman–Crippen MR) is 358 cm³/mol. The Bertz CT molecular complexity index is 4200. The summed E-state index contributed by atoms with van der Waals surface area (Å²) in [4.78, 5) is 2.50. The molecule has 82 heavy (non-hydrogen) atoms. The highest BCUT2D eigenvalue weighted by Crippen LogP contribution is 2.46. The molecule has 10 aromatic carbocycles. The van der Waals surface area contributed by atoms with Gasteiger partial charge in [-0.25, -0.2) is 0 Å². The fraction of sp³-hybridized carbons (Fsp3) is 0.250. The summed E-state index contributed by atoms with van der Waals surface area (Å²) in [6, 6.07) is 85.4. The number of fused-ring (bicyclic) bond motifs is 7. The zero-order valence-corrected chi connectivity index (χ0v) is 51.3. The fourth-order valence-electron chi connectivity index (χ4n) is 11.7. The maximum absolute atomic E-state index is 2.55. The molecule has 11 rings (SSSR count). The van der Waals surface area contributed by atoms with Crippen molar-refractivity contribution in [1.82, 2.24) is 4.57 Å². The zero-order chi connectivity index (χ0) is 58.1. The van der Waals surface area contributed by atoms with Gasteiger partial charge in [-0.3, -0.25) is 0 Å². The number of nitrogens with zero attached hydrogens (tertiary/aromatic N) is 2. The topological polar surface area (TPSA) is 8.17 Å². The minimum absolute atomic E-state index is 0.00466. The van der Waals surface area contributed by atoms with E-state index in [2.05, 4.69) is 338 Å². The Morgan fingerprint density at radius 2 is 0.683 bits per heavy atom. The lowest BCUT2D eigenvalue weighted by Gasteiger charge is -2.30. The Kier molecular flexibility index (Phi) is 14.2. The van der Waals surface area contributed by atoms with Gasteiger partial charge in [0, 0.05) is 33.4 Å². The van der Waals surface area contributed by atoms with Crippen LogP contribution in [0.15, 0.2) is 224 Å². The van der Waals surface area contributed by atoms with Crippen LogP contribution in [0.3, 0.4) is 0 Å². The summed E-state index contributed by atoms with van der Waals surface area (Å²) in [6.45, 7) is 34.8. The highest BCUT2D eigenvalue weighted by molar-refractivity contribution is 6.20. The van der Waals surface area contributed by atoms with Gasteiger partial charge in [0.05, 0.1) is 16.7 Å². The number of hydrogen-bond donors (Lipinski definition) is 0. The molecule has 0 unspecified atom stereocenters. The second-order valence-electron chi connectivity index (χ2n) is 28.0. The van der Waals surface area contributed by atoms with Crippen LogP contribution in [-0.4, -0.2) is 4.57 Å². The van der Waals surface area contributed by atoms with Gasteiger partial charge in [0.2, 0.25) is 0 Å². The van der Waals surface area contributed by atoms with Gasteiger partial charge in [-0.15, -0.1) is 0 Å². The molecule has 11 aromatic rings. The van der Waals surface area contributed by atoms with E-state index in [1.54, 1.807) is 0 Å². The first-order valence-electron chi connectivity index (χ1n) is 29.6. The molecule has 2 nitrogen and oxygen atoms in total. The van der Waals surface area contributed by atoms with Gasteiger partial charge in [-0.1, -0.05) is 274 Å². The lowest BCUT2D eigenvalue weighted by Crippen LogP contribution is -2.16. The van der Waals surface area contributed by atoms with E-state index in [0.717, 1.165) is 39.2 Å². The number of hydrogen-bond acceptors (Lipinski definition) is 1. The molecule has 0 aliphatic rings. The van der Waals surface area contributed by atoms with Crippen LogP contribution >= 0.6 is 0 Å². The van der Waals surface area contributed by atoms with Crippen LogP contribution in [0.25, 0.3) is 82.4 Å². The Balaban J connectivity index is 1.26. The van der Waals surface area contributed by atoms with Crippen LogP contribution in [0, 0.1) is 0 Å². The predicted octanol–water partition coefficient (Wildman–Crippen LogP) is 23.2. The summed E-state index contributed by atoms with van der Waals surface area (Å²) in [5.74, 6) is 0. The van der Waals surface area contributed by atoms with Gasteiger partial charge in [-0.2, -0.15) is 0 Å².